The van der Waals surface area contributed by atoms with Crippen LogP contribution in [0.1, 0.15) is 18.4 Å². The van der Waals surface area contributed by atoms with E-state index in [0.717, 1.165) is 36.7 Å². The van der Waals surface area contributed by atoms with Gasteiger partial charge in [-0.2, -0.15) is 0 Å². The normalized spacial score (nSPS) is 17.5. The van der Waals surface area contributed by atoms with E-state index >= 15 is 0 Å². The summed E-state index contributed by atoms with van der Waals surface area (Å²) >= 11 is 0. The van der Waals surface area contributed by atoms with E-state index in [1.54, 1.807) is 6.33 Å². The Bertz CT molecular complexity index is 614. The van der Waals surface area contributed by atoms with Crippen molar-refractivity contribution < 1.29 is 0 Å². The Kier molecular flexibility index (Phi) is 4.32. The minimum atomic E-state index is 0.393. The van der Waals surface area contributed by atoms with Gasteiger partial charge in [0.15, 0.2) is 0 Å². The summed E-state index contributed by atoms with van der Waals surface area (Å²) in [7, 11) is 1.86. The van der Waals surface area contributed by atoms with Crippen LogP contribution >= 0.6 is 0 Å². The highest BCUT2D eigenvalue weighted by atomic mass is 15.3. The first kappa shape index (κ1) is 14.5. The predicted octanol–water partition coefficient (Wildman–Crippen LogP) is 1.70. The Morgan fingerprint density at radius 1 is 1.23 bits per heavy atom. The van der Waals surface area contributed by atoms with Crippen molar-refractivity contribution in [3.05, 3.63) is 30.4 Å². The maximum atomic E-state index is 4.40. The standard InChI is InChI=1S/C15H21N7/c1-11-7-17-15(18-8-11)19-9-12-4-3-5-22(12)14-6-13(16-2)20-10-21-14/h6-8,10,12H,3-5,9H2,1-2H3,(H,16,20,21)(H,17,18,19). The molecule has 0 aliphatic carbocycles. The Hall–Kier alpha value is -2.44. The number of nitrogens with one attached hydrogen (secondary N) is 2. The second kappa shape index (κ2) is 6.55. The maximum absolute atomic E-state index is 4.40. The molecule has 1 unspecified atom stereocenters. The molecule has 2 aromatic heterocycles. The molecule has 1 saturated heterocycles. The van der Waals surface area contributed by atoms with Crippen LogP contribution in [0.5, 0.6) is 0 Å². The molecule has 1 aliphatic rings. The van der Waals surface area contributed by atoms with Gasteiger partial charge >= 0.3 is 0 Å². The highest BCUT2D eigenvalue weighted by molar-refractivity contribution is 5.49. The van der Waals surface area contributed by atoms with Crippen molar-refractivity contribution in [3.8, 4) is 0 Å². The van der Waals surface area contributed by atoms with Gasteiger partial charge in [0.2, 0.25) is 5.95 Å². The molecule has 0 radical (unpaired) electrons. The number of hydrogen-bond acceptors (Lipinski definition) is 7. The van der Waals surface area contributed by atoms with Gasteiger partial charge in [-0.25, -0.2) is 19.9 Å². The molecule has 7 heteroatoms. The fourth-order valence-electron chi connectivity index (χ4n) is 2.68. The van der Waals surface area contributed by atoms with Crippen LogP contribution in [0.3, 0.4) is 0 Å². The summed E-state index contributed by atoms with van der Waals surface area (Å²) in [5, 5.41) is 6.37. The zero-order valence-corrected chi connectivity index (χ0v) is 13.0. The molecule has 2 N–H and O–H groups in total. The average Bonchev–Trinajstić information content (AvgIpc) is 3.03. The zero-order valence-electron chi connectivity index (χ0n) is 13.0. The molecule has 7 nitrogen and oxygen atoms in total. The second-order valence-electron chi connectivity index (χ2n) is 5.47. The van der Waals surface area contributed by atoms with Crippen molar-refractivity contribution >= 4 is 17.6 Å². The fraction of sp³-hybridized carbons (Fsp3) is 0.467. The molecule has 0 aromatic carbocycles. The molecule has 116 valence electrons. The van der Waals surface area contributed by atoms with E-state index < -0.39 is 0 Å². The summed E-state index contributed by atoms with van der Waals surface area (Å²) in [6.07, 6.45) is 7.56. The topological polar surface area (TPSA) is 78.9 Å². The van der Waals surface area contributed by atoms with Gasteiger partial charge < -0.3 is 15.5 Å². The van der Waals surface area contributed by atoms with E-state index in [1.807, 2.05) is 32.4 Å². The van der Waals surface area contributed by atoms with Crippen LogP contribution in [0.2, 0.25) is 0 Å². The van der Waals surface area contributed by atoms with Crippen LogP contribution < -0.4 is 15.5 Å². The van der Waals surface area contributed by atoms with Crippen LogP contribution in [-0.2, 0) is 0 Å². The minimum absolute atomic E-state index is 0.393. The highest BCUT2D eigenvalue weighted by Crippen LogP contribution is 2.24. The minimum Gasteiger partial charge on any atom is -0.373 e. The van der Waals surface area contributed by atoms with Crippen molar-refractivity contribution in [1.82, 2.24) is 19.9 Å². The number of hydrogen-bond donors (Lipinski definition) is 2. The molecule has 0 saturated carbocycles. The molecule has 1 atom stereocenters. The van der Waals surface area contributed by atoms with Crippen LogP contribution in [0, 0.1) is 6.92 Å². The number of rotatable bonds is 5. The number of anilines is 3. The quantitative estimate of drug-likeness (QED) is 0.870. The first-order valence-electron chi connectivity index (χ1n) is 7.55. The average molecular weight is 299 g/mol. The molecule has 0 bridgehead atoms. The van der Waals surface area contributed by atoms with E-state index in [2.05, 4.69) is 35.5 Å². The van der Waals surface area contributed by atoms with Gasteiger partial charge in [-0.05, 0) is 25.3 Å². The third-order valence-corrected chi connectivity index (χ3v) is 3.86. The van der Waals surface area contributed by atoms with Gasteiger partial charge in [0.1, 0.15) is 18.0 Å². The molecule has 3 heterocycles. The summed E-state index contributed by atoms with van der Waals surface area (Å²) in [4.78, 5) is 19.5. The van der Waals surface area contributed by atoms with Crippen LogP contribution in [0.4, 0.5) is 17.6 Å². The van der Waals surface area contributed by atoms with E-state index in [9.17, 15) is 0 Å². The molecule has 0 amide bonds. The van der Waals surface area contributed by atoms with E-state index in [0.29, 0.717) is 12.0 Å². The second-order valence-corrected chi connectivity index (χ2v) is 5.47. The van der Waals surface area contributed by atoms with Gasteiger partial charge in [-0.3, -0.25) is 0 Å². The van der Waals surface area contributed by atoms with Gasteiger partial charge in [0.25, 0.3) is 0 Å². The van der Waals surface area contributed by atoms with E-state index in [4.69, 9.17) is 0 Å². The Morgan fingerprint density at radius 3 is 2.82 bits per heavy atom. The monoisotopic (exact) mass is 299 g/mol. The summed E-state index contributed by atoms with van der Waals surface area (Å²) in [6.45, 7) is 3.81. The van der Waals surface area contributed by atoms with Crippen molar-refractivity contribution in [2.75, 3.05) is 35.7 Å². The van der Waals surface area contributed by atoms with Gasteiger partial charge in [0.05, 0.1) is 0 Å². The molecule has 3 rings (SSSR count). The molecule has 1 fully saturated rings. The highest BCUT2D eigenvalue weighted by Gasteiger charge is 2.25. The molecular formula is C15H21N7. The Morgan fingerprint density at radius 2 is 2.05 bits per heavy atom. The van der Waals surface area contributed by atoms with E-state index in [1.165, 1.54) is 6.42 Å². The molecule has 1 aliphatic heterocycles. The third-order valence-electron chi connectivity index (χ3n) is 3.86. The lowest BCUT2D eigenvalue weighted by Crippen LogP contribution is -2.35. The molecule has 22 heavy (non-hydrogen) atoms. The van der Waals surface area contributed by atoms with E-state index in [-0.39, 0.29) is 0 Å². The zero-order chi connectivity index (χ0) is 15.4. The van der Waals surface area contributed by atoms with Crippen LogP contribution in [0.15, 0.2) is 24.8 Å². The molecule has 2 aromatic rings. The predicted molar refractivity (Wildman–Crippen MR) is 87.2 cm³/mol. The lowest BCUT2D eigenvalue weighted by molar-refractivity contribution is 0.687. The van der Waals surface area contributed by atoms with Gasteiger partial charge in [0, 0.05) is 44.6 Å². The van der Waals surface area contributed by atoms with Gasteiger partial charge in [-0.1, -0.05) is 0 Å². The van der Waals surface area contributed by atoms with Gasteiger partial charge in [-0.15, -0.1) is 0 Å². The largest absolute Gasteiger partial charge is 0.373 e. The van der Waals surface area contributed by atoms with Crippen LogP contribution in [0.25, 0.3) is 0 Å². The first-order chi connectivity index (χ1) is 10.8. The molecular weight excluding hydrogens is 278 g/mol. The SMILES string of the molecule is CNc1cc(N2CCCC2CNc2ncc(C)cn2)ncn1. The smallest absolute Gasteiger partial charge is 0.222 e. The summed E-state index contributed by atoms with van der Waals surface area (Å²) < 4.78 is 0. The summed E-state index contributed by atoms with van der Waals surface area (Å²) in [5.41, 5.74) is 1.06. The number of aryl methyl sites for hydroxylation is 1. The van der Waals surface area contributed by atoms with Crippen molar-refractivity contribution in [3.63, 3.8) is 0 Å². The Balaban J connectivity index is 1.66. The van der Waals surface area contributed by atoms with Crippen molar-refractivity contribution in [1.29, 1.82) is 0 Å². The Labute approximate surface area is 130 Å². The lowest BCUT2D eigenvalue weighted by atomic mass is 10.2. The van der Waals surface area contributed by atoms with Crippen LogP contribution in [-0.4, -0.2) is 46.1 Å². The number of aromatic nitrogens is 4. The first-order valence-corrected chi connectivity index (χ1v) is 7.55. The van der Waals surface area contributed by atoms with Crippen molar-refractivity contribution in [2.45, 2.75) is 25.8 Å². The maximum Gasteiger partial charge on any atom is 0.222 e. The molecule has 0 spiro atoms. The summed E-state index contributed by atoms with van der Waals surface area (Å²) in [5.74, 6) is 2.48. The fourth-order valence-corrected chi connectivity index (χ4v) is 2.68. The lowest BCUT2D eigenvalue weighted by Gasteiger charge is -2.26. The third kappa shape index (κ3) is 3.24. The summed E-state index contributed by atoms with van der Waals surface area (Å²) in [6, 6.07) is 2.38. The van der Waals surface area contributed by atoms with Crippen molar-refractivity contribution in [2.24, 2.45) is 0 Å². The number of nitrogens with zero attached hydrogens (tertiary/aromatic N) is 5.